The van der Waals surface area contributed by atoms with Crippen molar-refractivity contribution in [2.75, 3.05) is 33.0 Å². The number of ether oxygens (including phenoxy) is 1. The van der Waals surface area contributed by atoms with Crippen LogP contribution in [0.15, 0.2) is 18.2 Å². The van der Waals surface area contributed by atoms with Crippen LogP contribution >= 0.6 is 0 Å². The Balaban J connectivity index is 2.23. The molecule has 3 nitrogen and oxygen atoms in total. The summed E-state index contributed by atoms with van der Waals surface area (Å²) in [5.41, 5.74) is 7.95. The SMILES string of the molecule is COc1c(N)cccc1C1CCN(C)CC1. The molecule has 3 heteroatoms. The number of hydrogen-bond acceptors (Lipinski definition) is 3. The third-order valence-electron chi connectivity index (χ3n) is 3.44. The van der Waals surface area contributed by atoms with Gasteiger partial charge in [0.05, 0.1) is 12.8 Å². The van der Waals surface area contributed by atoms with Crippen LogP contribution < -0.4 is 10.5 Å². The molecule has 1 heterocycles. The second kappa shape index (κ2) is 4.74. The van der Waals surface area contributed by atoms with E-state index < -0.39 is 0 Å². The lowest BCUT2D eigenvalue weighted by molar-refractivity contribution is 0.252. The zero-order valence-electron chi connectivity index (χ0n) is 10.1. The normalized spacial score (nSPS) is 18.6. The van der Waals surface area contributed by atoms with Crippen LogP contribution in [0.5, 0.6) is 5.75 Å². The van der Waals surface area contributed by atoms with Crippen LogP contribution in [0, 0.1) is 0 Å². The molecule has 1 aliphatic rings. The lowest BCUT2D eigenvalue weighted by Crippen LogP contribution is -2.29. The molecule has 0 amide bonds. The molecule has 1 saturated heterocycles. The van der Waals surface area contributed by atoms with Crippen LogP contribution in [0.25, 0.3) is 0 Å². The van der Waals surface area contributed by atoms with Crippen LogP contribution in [0.3, 0.4) is 0 Å². The predicted octanol–water partition coefficient (Wildman–Crippen LogP) is 2.09. The summed E-state index contributed by atoms with van der Waals surface area (Å²) in [4.78, 5) is 2.37. The van der Waals surface area contributed by atoms with Crippen molar-refractivity contribution >= 4 is 5.69 Å². The maximum atomic E-state index is 5.93. The molecule has 1 aromatic carbocycles. The van der Waals surface area contributed by atoms with Gasteiger partial charge in [-0.15, -0.1) is 0 Å². The molecule has 0 bridgehead atoms. The van der Waals surface area contributed by atoms with Crippen LogP contribution in [0.2, 0.25) is 0 Å². The van der Waals surface area contributed by atoms with Crippen LogP contribution in [0.4, 0.5) is 5.69 Å². The Morgan fingerprint density at radius 3 is 2.62 bits per heavy atom. The summed E-state index contributed by atoms with van der Waals surface area (Å²) in [6, 6.07) is 6.06. The molecule has 0 atom stereocenters. The third kappa shape index (κ3) is 2.14. The molecule has 2 rings (SSSR count). The van der Waals surface area contributed by atoms with Gasteiger partial charge < -0.3 is 15.4 Å². The maximum absolute atomic E-state index is 5.93. The zero-order valence-corrected chi connectivity index (χ0v) is 10.1. The highest BCUT2D eigenvalue weighted by Crippen LogP contribution is 2.36. The van der Waals surface area contributed by atoms with Gasteiger partial charge in [-0.1, -0.05) is 12.1 Å². The predicted molar refractivity (Wildman–Crippen MR) is 66.9 cm³/mol. The fourth-order valence-electron chi connectivity index (χ4n) is 2.45. The van der Waals surface area contributed by atoms with E-state index in [4.69, 9.17) is 10.5 Å². The Bertz CT molecular complexity index is 357. The Morgan fingerprint density at radius 2 is 2.00 bits per heavy atom. The lowest BCUT2D eigenvalue weighted by atomic mass is 9.88. The van der Waals surface area contributed by atoms with Gasteiger partial charge in [-0.25, -0.2) is 0 Å². The third-order valence-corrected chi connectivity index (χ3v) is 3.44. The number of hydrogen-bond donors (Lipinski definition) is 1. The molecule has 0 saturated carbocycles. The largest absolute Gasteiger partial charge is 0.494 e. The molecule has 0 spiro atoms. The van der Waals surface area contributed by atoms with E-state index in [2.05, 4.69) is 18.0 Å². The summed E-state index contributed by atoms with van der Waals surface area (Å²) >= 11 is 0. The molecule has 1 aromatic rings. The van der Waals surface area contributed by atoms with Crippen LogP contribution in [-0.2, 0) is 0 Å². The summed E-state index contributed by atoms with van der Waals surface area (Å²) in [6.45, 7) is 2.31. The number of anilines is 1. The highest BCUT2D eigenvalue weighted by Gasteiger charge is 2.21. The van der Waals surface area contributed by atoms with E-state index >= 15 is 0 Å². The first-order chi connectivity index (χ1) is 7.72. The van der Waals surface area contributed by atoms with Crippen molar-refractivity contribution in [1.29, 1.82) is 0 Å². The minimum absolute atomic E-state index is 0.592. The molecule has 2 N–H and O–H groups in total. The number of benzene rings is 1. The molecular weight excluding hydrogens is 200 g/mol. The van der Waals surface area contributed by atoms with Crippen molar-refractivity contribution in [1.82, 2.24) is 4.90 Å². The standard InChI is InChI=1S/C13H20N2O/c1-15-8-6-10(7-9-15)11-4-3-5-12(14)13(11)16-2/h3-5,10H,6-9,14H2,1-2H3. The minimum Gasteiger partial charge on any atom is -0.494 e. The van der Waals surface area contributed by atoms with Crippen molar-refractivity contribution < 1.29 is 4.74 Å². The van der Waals surface area contributed by atoms with Gasteiger partial charge >= 0.3 is 0 Å². The fraction of sp³-hybridized carbons (Fsp3) is 0.538. The van der Waals surface area contributed by atoms with Gasteiger partial charge in [0.15, 0.2) is 0 Å². The smallest absolute Gasteiger partial charge is 0.145 e. The van der Waals surface area contributed by atoms with Gasteiger partial charge in [-0.05, 0) is 50.5 Å². The molecule has 1 fully saturated rings. The molecule has 16 heavy (non-hydrogen) atoms. The number of nitrogens with zero attached hydrogens (tertiary/aromatic N) is 1. The van der Waals surface area contributed by atoms with E-state index in [9.17, 15) is 0 Å². The molecule has 0 radical (unpaired) electrons. The van der Waals surface area contributed by atoms with Crippen LogP contribution in [-0.4, -0.2) is 32.1 Å². The minimum atomic E-state index is 0.592. The fourth-order valence-corrected chi connectivity index (χ4v) is 2.45. The average Bonchev–Trinajstić information content (AvgIpc) is 2.30. The second-order valence-corrected chi connectivity index (χ2v) is 4.55. The summed E-state index contributed by atoms with van der Waals surface area (Å²) in [5, 5.41) is 0. The number of nitrogen functional groups attached to an aromatic ring is 1. The van der Waals surface area contributed by atoms with Gasteiger partial charge in [0.25, 0.3) is 0 Å². The van der Waals surface area contributed by atoms with Crippen molar-refractivity contribution in [2.24, 2.45) is 0 Å². The first kappa shape index (κ1) is 11.3. The summed E-state index contributed by atoms with van der Waals surface area (Å²) in [7, 11) is 3.87. The number of para-hydroxylation sites is 1. The van der Waals surface area contributed by atoms with Gasteiger partial charge in [0.1, 0.15) is 5.75 Å². The number of methoxy groups -OCH3 is 1. The number of rotatable bonds is 2. The van der Waals surface area contributed by atoms with E-state index in [0.717, 1.165) is 24.5 Å². The maximum Gasteiger partial charge on any atom is 0.145 e. The molecule has 0 aliphatic carbocycles. The van der Waals surface area contributed by atoms with Crippen molar-refractivity contribution in [2.45, 2.75) is 18.8 Å². The Morgan fingerprint density at radius 1 is 1.31 bits per heavy atom. The molecule has 0 aromatic heterocycles. The Kier molecular flexibility index (Phi) is 3.34. The quantitative estimate of drug-likeness (QED) is 0.776. The Hall–Kier alpha value is -1.22. The van der Waals surface area contributed by atoms with Gasteiger partial charge in [-0.3, -0.25) is 0 Å². The van der Waals surface area contributed by atoms with Crippen molar-refractivity contribution in [3.05, 3.63) is 23.8 Å². The highest BCUT2D eigenvalue weighted by molar-refractivity contribution is 5.57. The van der Waals surface area contributed by atoms with Crippen LogP contribution in [0.1, 0.15) is 24.3 Å². The highest BCUT2D eigenvalue weighted by atomic mass is 16.5. The first-order valence-electron chi connectivity index (χ1n) is 5.83. The molecule has 0 unspecified atom stereocenters. The first-order valence-corrected chi connectivity index (χ1v) is 5.83. The van der Waals surface area contributed by atoms with E-state index in [0.29, 0.717) is 5.92 Å². The van der Waals surface area contributed by atoms with Crippen molar-refractivity contribution in [3.8, 4) is 5.75 Å². The molecular formula is C13H20N2O. The number of piperidine rings is 1. The average molecular weight is 220 g/mol. The van der Waals surface area contributed by atoms with E-state index in [1.807, 2.05) is 12.1 Å². The van der Waals surface area contributed by atoms with E-state index in [1.54, 1.807) is 7.11 Å². The zero-order chi connectivity index (χ0) is 11.5. The van der Waals surface area contributed by atoms with E-state index in [1.165, 1.54) is 18.4 Å². The Labute approximate surface area is 97.2 Å². The van der Waals surface area contributed by atoms with Crippen molar-refractivity contribution in [3.63, 3.8) is 0 Å². The number of nitrogens with two attached hydrogens (primary N) is 1. The second-order valence-electron chi connectivity index (χ2n) is 4.55. The summed E-state index contributed by atoms with van der Waals surface area (Å²) in [6.07, 6.45) is 2.38. The van der Waals surface area contributed by atoms with Gasteiger partial charge in [0, 0.05) is 0 Å². The summed E-state index contributed by atoms with van der Waals surface area (Å²) < 4.78 is 5.42. The van der Waals surface area contributed by atoms with Gasteiger partial charge in [0.2, 0.25) is 0 Å². The topological polar surface area (TPSA) is 38.5 Å². The monoisotopic (exact) mass is 220 g/mol. The summed E-state index contributed by atoms with van der Waals surface area (Å²) in [5.74, 6) is 1.46. The molecule has 1 aliphatic heterocycles. The van der Waals surface area contributed by atoms with E-state index in [-0.39, 0.29) is 0 Å². The number of likely N-dealkylation sites (tertiary alicyclic amines) is 1. The lowest BCUT2D eigenvalue weighted by Gasteiger charge is -2.30. The van der Waals surface area contributed by atoms with Gasteiger partial charge in [-0.2, -0.15) is 0 Å². The molecule has 88 valence electrons.